The van der Waals surface area contributed by atoms with E-state index in [4.69, 9.17) is 4.74 Å². The summed E-state index contributed by atoms with van der Waals surface area (Å²) in [4.78, 5) is 10.5. The Hall–Kier alpha value is -0.790. The second-order valence-electron chi connectivity index (χ2n) is 8.01. The van der Waals surface area contributed by atoms with Crippen LogP contribution in [0.1, 0.15) is 59.8 Å². The van der Waals surface area contributed by atoms with E-state index in [1.165, 1.54) is 31.3 Å². The van der Waals surface area contributed by atoms with Crippen LogP contribution in [0, 0.1) is 22.2 Å². The largest absolute Gasteiger partial charge is 0.463 e. The highest BCUT2D eigenvalue weighted by Crippen LogP contribution is 2.74. The van der Waals surface area contributed by atoms with E-state index in [-0.39, 0.29) is 0 Å². The van der Waals surface area contributed by atoms with Crippen molar-refractivity contribution in [1.29, 1.82) is 0 Å². The van der Waals surface area contributed by atoms with Gasteiger partial charge in [-0.2, -0.15) is 0 Å². The Kier molecular flexibility index (Phi) is 2.69. The van der Waals surface area contributed by atoms with Crippen LogP contribution >= 0.6 is 0 Å². The standard InChI is InChI=1S/C17H26O2/c1-15(2)7-5-12(10-19-11-18)14-16(3,4)13-6-8-17(14,15)9-13/h11,13H,5-10H2,1-4H3. The van der Waals surface area contributed by atoms with Crippen LogP contribution in [0.2, 0.25) is 0 Å². The van der Waals surface area contributed by atoms with Gasteiger partial charge in [0.15, 0.2) is 0 Å². The summed E-state index contributed by atoms with van der Waals surface area (Å²) in [5, 5.41) is 0. The third kappa shape index (κ3) is 1.52. The summed E-state index contributed by atoms with van der Waals surface area (Å²) in [6.45, 7) is 10.8. The Morgan fingerprint density at radius 1 is 1.26 bits per heavy atom. The summed E-state index contributed by atoms with van der Waals surface area (Å²) < 4.78 is 5.11. The van der Waals surface area contributed by atoms with Gasteiger partial charge in [-0.15, -0.1) is 0 Å². The first kappa shape index (κ1) is 13.2. The summed E-state index contributed by atoms with van der Waals surface area (Å²) in [6.07, 6.45) is 6.41. The van der Waals surface area contributed by atoms with E-state index in [9.17, 15) is 4.79 Å². The smallest absolute Gasteiger partial charge is 0.293 e. The van der Waals surface area contributed by atoms with Gasteiger partial charge in [-0.3, -0.25) is 4.79 Å². The molecule has 3 aliphatic rings. The molecule has 106 valence electrons. The highest BCUT2D eigenvalue weighted by Gasteiger charge is 2.65. The summed E-state index contributed by atoms with van der Waals surface area (Å²) in [5.74, 6) is 0.825. The molecule has 0 heterocycles. The third-order valence-corrected chi connectivity index (χ3v) is 6.68. The second-order valence-corrected chi connectivity index (χ2v) is 8.01. The quantitative estimate of drug-likeness (QED) is 0.565. The zero-order valence-corrected chi connectivity index (χ0v) is 12.7. The molecule has 0 saturated heterocycles. The minimum atomic E-state index is 0.303. The van der Waals surface area contributed by atoms with Crippen LogP contribution in [0.4, 0.5) is 0 Å². The molecule has 2 unspecified atom stereocenters. The average molecular weight is 262 g/mol. The molecule has 0 aliphatic heterocycles. The Morgan fingerprint density at radius 3 is 2.68 bits per heavy atom. The van der Waals surface area contributed by atoms with Crippen molar-refractivity contribution >= 4 is 6.47 Å². The van der Waals surface area contributed by atoms with Gasteiger partial charge in [0, 0.05) is 0 Å². The van der Waals surface area contributed by atoms with Gasteiger partial charge in [0.1, 0.15) is 6.61 Å². The molecule has 0 amide bonds. The fraction of sp³-hybridized carbons (Fsp3) is 0.824. The molecule has 2 fully saturated rings. The van der Waals surface area contributed by atoms with Crippen molar-refractivity contribution in [3.8, 4) is 0 Å². The van der Waals surface area contributed by atoms with Gasteiger partial charge >= 0.3 is 0 Å². The number of hydrogen-bond acceptors (Lipinski definition) is 2. The molecule has 3 rings (SSSR count). The first-order chi connectivity index (χ1) is 8.85. The summed E-state index contributed by atoms with van der Waals surface area (Å²) >= 11 is 0. The maximum atomic E-state index is 10.5. The minimum Gasteiger partial charge on any atom is -0.463 e. The molecule has 2 nitrogen and oxygen atoms in total. The van der Waals surface area contributed by atoms with Gasteiger partial charge in [0.25, 0.3) is 6.47 Å². The van der Waals surface area contributed by atoms with Crippen LogP contribution in [0.3, 0.4) is 0 Å². The van der Waals surface area contributed by atoms with Crippen molar-refractivity contribution in [3.63, 3.8) is 0 Å². The van der Waals surface area contributed by atoms with E-state index in [1.54, 1.807) is 5.57 Å². The monoisotopic (exact) mass is 262 g/mol. The van der Waals surface area contributed by atoms with Crippen LogP contribution < -0.4 is 0 Å². The Bertz CT molecular complexity index is 444. The second kappa shape index (κ2) is 3.86. The fourth-order valence-corrected chi connectivity index (χ4v) is 5.56. The average Bonchev–Trinajstić information content (AvgIpc) is 2.85. The van der Waals surface area contributed by atoms with Gasteiger partial charge in [-0.05, 0) is 59.8 Å². The van der Waals surface area contributed by atoms with E-state index < -0.39 is 0 Å². The predicted molar refractivity (Wildman–Crippen MR) is 75.6 cm³/mol. The lowest BCUT2D eigenvalue weighted by Crippen LogP contribution is -2.43. The lowest BCUT2D eigenvalue weighted by Gasteiger charge is -2.52. The number of ether oxygens (including phenoxy) is 1. The molecule has 19 heavy (non-hydrogen) atoms. The molecule has 2 heteroatoms. The lowest BCUT2D eigenvalue weighted by atomic mass is 9.52. The fourth-order valence-electron chi connectivity index (χ4n) is 5.56. The number of allylic oxidation sites excluding steroid dienone is 1. The minimum absolute atomic E-state index is 0.303. The van der Waals surface area contributed by atoms with Crippen molar-refractivity contribution in [1.82, 2.24) is 0 Å². The molecule has 0 radical (unpaired) electrons. The van der Waals surface area contributed by atoms with Crippen molar-refractivity contribution in [2.75, 3.05) is 6.61 Å². The highest BCUT2D eigenvalue weighted by molar-refractivity contribution is 5.43. The molecular formula is C17H26O2. The molecule has 0 aromatic heterocycles. The Balaban J connectivity index is 2.12. The van der Waals surface area contributed by atoms with Crippen molar-refractivity contribution in [3.05, 3.63) is 11.1 Å². The predicted octanol–water partition coefficient (Wildman–Crippen LogP) is 4.10. The van der Waals surface area contributed by atoms with E-state index in [2.05, 4.69) is 27.7 Å². The third-order valence-electron chi connectivity index (χ3n) is 6.68. The molecule has 0 aromatic rings. The summed E-state index contributed by atoms with van der Waals surface area (Å²) in [5.41, 5.74) is 4.18. The summed E-state index contributed by atoms with van der Waals surface area (Å²) in [6, 6.07) is 0. The molecule has 2 atom stereocenters. The van der Waals surface area contributed by atoms with Crippen LogP contribution in [0.15, 0.2) is 11.1 Å². The molecule has 3 aliphatic carbocycles. The maximum absolute atomic E-state index is 10.5. The first-order valence-electron chi connectivity index (χ1n) is 7.63. The van der Waals surface area contributed by atoms with Crippen LogP contribution in [0.5, 0.6) is 0 Å². The Labute approximate surface area is 116 Å². The van der Waals surface area contributed by atoms with Crippen molar-refractivity contribution in [2.45, 2.75) is 59.8 Å². The SMILES string of the molecule is CC1(C)C2=C(COC=O)CCC(C)(C)C23CCC1C3. The van der Waals surface area contributed by atoms with Gasteiger partial charge < -0.3 is 4.74 Å². The Morgan fingerprint density at radius 2 is 2.00 bits per heavy atom. The highest BCUT2D eigenvalue weighted by atomic mass is 16.5. The number of carbonyl (C=O) groups excluding carboxylic acids is 1. The molecule has 0 N–H and O–H groups in total. The topological polar surface area (TPSA) is 26.3 Å². The summed E-state index contributed by atoms with van der Waals surface area (Å²) in [7, 11) is 0. The van der Waals surface area contributed by atoms with E-state index in [1.807, 2.05) is 0 Å². The van der Waals surface area contributed by atoms with E-state index >= 15 is 0 Å². The number of carbonyl (C=O) groups is 1. The maximum Gasteiger partial charge on any atom is 0.293 e. The van der Waals surface area contributed by atoms with Gasteiger partial charge in [-0.1, -0.05) is 33.3 Å². The number of hydrogen-bond donors (Lipinski definition) is 0. The number of rotatable bonds is 3. The molecule has 2 bridgehead atoms. The normalized spacial score (nSPS) is 38.2. The molecule has 0 aromatic carbocycles. The number of fused-ring (bicyclic) bond motifs is 1. The van der Waals surface area contributed by atoms with E-state index in [0.29, 0.717) is 29.3 Å². The van der Waals surface area contributed by atoms with Gasteiger partial charge in [0.2, 0.25) is 0 Å². The van der Waals surface area contributed by atoms with Crippen LogP contribution in [0.25, 0.3) is 0 Å². The van der Waals surface area contributed by atoms with Gasteiger partial charge in [0.05, 0.1) is 0 Å². The van der Waals surface area contributed by atoms with Crippen LogP contribution in [-0.2, 0) is 9.53 Å². The first-order valence-corrected chi connectivity index (χ1v) is 7.63. The van der Waals surface area contributed by atoms with Crippen LogP contribution in [-0.4, -0.2) is 13.1 Å². The molecule has 1 spiro atoms. The lowest BCUT2D eigenvalue weighted by molar-refractivity contribution is -0.128. The molecule has 2 saturated carbocycles. The van der Waals surface area contributed by atoms with Crippen molar-refractivity contribution in [2.24, 2.45) is 22.2 Å². The zero-order valence-electron chi connectivity index (χ0n) is 12.7. The van der Waals surface area contributed by atoms with E-state index in [0.717, 1.165) is 12.3 Å². The van der Waals surface area contributed by atoms with Gasteiger partial charge in [-0.25, -0.2) is 0 Å². The zero-order chi connectivity index (χ0) is 13.9. The van der Waals surface area contributed by atoms with Crippen molar-refractivity contribution < 1.29 is 9.53 Å². The molecular weight excluding hydrogens is 236 g/mol.